The molecule has 37 heavy (non-hydrogen) atoms. The van der Waals surface area contributed by atoms with E-state index in [0.29, 0.717) is 31.6 Å². The number of amides is 2. The second kappa shape index (κ2) is 10.7. The number of nitrogens with zero attached hydrogens (tertiary/aromatic N) is 1. The zero-order valence-electron chi connectivity index (χ0n) is 20.3. The van der Waals surface area contributed by atoms with Crippen LogP contribution in [0.15, 0.2) is 84.3 Å². The van der Waals surface area contributed by atoms with E-state index in [1.54, 1.807) is 23.9 Å². The molecule has 0 bridgehead atoms. The van der Waals surface area contributed by atoms with E-state index in [0.717, 1.165) is 12.0 Å². The minimum atomic E-state index is -3.65. The molecule has 0 radical (unpaired) electrons. The van der Waals surface area contributed by atoms with Crippen LogP contribution in [0.4, 0.5) is 0 Å². The fourth-order valence-electron chi connectivity index (χ4n) is 4.98. The van der Waals surface area contributed by atoms with Crippen LogP contribution < -0.4 is 10.6 Å². The maximum atomic E-state index is 13.2. The summed E-state index contributed by atoms with van der Waals surface area (Å²) in [4.78, 5) is 24.4. The molecule has 3 aromatic carbocycles. The third-order valence-electron chi connectivity index (χ3n) is 6.96. The van der Waals surface area contributed by atoms with Gasteiger partial charge in [0, 0.05) is 30.4 Å². The molecule has 2 aliphatic heterocycles. The van der Waals surface area contributed by atoms with Crippen molar-refractivity contribution < 1.29 is 18.0 Å². The molecule has 0 aromatic heterocycles. The first-order valence-electron chi connectivity index (χ1n) is 12.3. The first kappa shape index (κ1) is 25.5. The van der Waals surface area contributed by atoms with Crippen LogP contribution in [0.2, 0.25) is 0 Å². The summed E-state index contributed by atoms with van der Waals surface area (Å²) in [7, 11) is -3.65. The average Bonchev–Trinajstić information content (AvgIpc) is 3.48. The Labute approximate surface area is 221 Å². The Bertz CT molecular complexity index is 1430. The highest BCUT2D eigenvalue weighted by molar-refractivity contribution is 8.00. The van der Waals surface area contributed by atoms with E-state index in [9.17, 15) is 18.0 Å². The van der Waals surface area contributed by atoms with Gasteiger partial charge in [0.05, 0.1) is 10.3 Å². The molecular weight excluding hydrogens is 506 g/mol. The molecule has 2 saturated heterocycles. The van der Waals surface area contributed by atoms with Gasteiger partial charge in [-0.2, -0.15) is 4.31 Å². The minimum absolute atomic E-state index is 0.00983. The molecule has 2 amide bonds. The zero-order valence-corrected chi connectivity index (χ0v) is 21.9. The SMILES string of the molecule is C=CC(=O)NC1CC2CN(S(=O)(=O)c3ccc(C(=O)NCCc4ccc5ccccc5c4)cc3)CC2S1. The normalized spacial score (nSPS) is 21.5. The Balaban J connectivity index is 1.14. The number of nitrogens with one attached hydrogen (secondary N) is 2. The van der Waals surface area contributed by atoms with Crippen molar-refractivity contribution in [2.45, 2.75) is 28.4 Å². The number of fused-ring (bicyclic) bond motifs is 2. The molecule has 2 N–H and O–H groups in total. The van der Waals surface area contributed by atoms with Crippen LogP contribution in [-0.4, -0.2) is 54.8 Å². The second-order valence-electron chi connectivity index (χ2n) is 9.41. The third kappa shape index (κ3) is 5.58. The Kier molecular flexibility index (Phi) is 7.37. The highest BCUT2D eigenvalue weighted by Crippen LogP contribution is 2.43. The molecule has 2 aliphatic rings. The van der Waals surface area contributed by atoms with Crippen LogP contribution >= 0.6 is 11.8 Å². The van der Waals surface area contributed by atoms with Crippen molar-refractivity contribution in [3.63, 3.8) is 0 Å². The maximum absolute atomic E-state index is 13.2. The summed E-state index contributed by atoms with van der Waals surface area (Å²) in [5, 5.41) is 8.30. The Morgan fingerprint density at radius 2 is 1.78 bits per heavy atom. The lowest BCUT2D eigenvalue weighted by Crippen LogP contribution is -2.33. The van der Waals surface area contributed by atoms with E-state index in [1.165, 1.54) is 33.3 Å². The van der Waals surface area contributed by atoms with Crippen LogP contribution in [-0.2, 0) is 21.2 Å². The van der Waals surface area contributed by atoms with Crippen molar-refractivity contribution >= 4 is 44.4 Å². The monoisotopic (exact) mass is 535 g/mol. The summed E-state index contributed by atoms with van der Waals surface area (Å²) in [6.45, 7) is 4.80. The highest BCUT2D eigenvalue weighted by Gasteiger charge is 2.45. The summed E-state index contributed by atoms with van der Waals surface area (Å²) < 4.78 is 27.9. The number of hydrogen-bond acceptors (Lipinski definition) is 5. The Hall–Kier alpha value is -3.14. The quantitative estimate of drug-likeness (QED) is 0.430. The largest absolute Gasteiger partial charge is 0.352 e. The molecule has 0 spiro atoms. The van der Waals surface area contributed by atoms with Crippen molar-refractivity contribution in [1.82, 2.24) is 14.9 Å². The molecule has 2 fully saturated rings. The maximum Gasteiger partial charge on any atom is 0.251 e. The Morgan fingerprint density at radius 3 is 2.51 bits per heavy atom. The van der Waals surface area contributed by atoms with Gasteiger partial charge in [0.25, 0.3) is 5.91 Å². The Morgan fingerprint density at radius 1 is 1.03 bits per heavy atom. The van der Waals surface area contributed by atoms with E-state index >= 15 is 0 Å². The van der Waals surface area contributed by atoms with Crippen LogP contribution in [0.3, 0.4) is 0 Å². The number of carbonyl (C=O) groups is 2. The standard InChI is InChI=1S/C28H29N3O4S2/c1-2-26(32)30-27-16-23-17-31(18-25(23)36-27)37(34,35)24-11-9-21(10-12-24)28(33)29-14-13-19-7-8-20-5-3-4-6-22(20)15-19/h2-12,15,23,25,27H,1,13-14,16-18H2,(H,29,33)(H,30,32). The first-order chi connectivity index (χ1) is 17.8. The number of rotatable bonds is 8. The minimum Gasteiger partial charge on any atom is -0.352 e. The summed E-state index contributed by atoms with van der Waals surface area (Å²) in [6, 6.07) is 20.6. The molecule has 7 nitrogen and oxygen atoms in total. The molecule has 2 heterocycles. The fraction of sp³-hybridized carbons (Fsp3) is 0.286. The van der Waals surface area contributed by atoms with Crippen LogP contribution in [0.25, 0.3) is 10.8 Å². The van der Waals surface area contributed by atoms with E-state index in [4.69, 9.17) is 0 Å². The van der Waals surface area contributed by atoms with Crippen LogP contribution in [0.5, 0.6) is 0 Å². The van der Waals surface area contributed by atoms with Gasteiger partial charge in [0.15, 0.2) is 0 Å². The van der Waals surface area contributed by atoms with E-state index in [-0.39, 0.29) is 33.3 Å². The van der Waals surface area contributed by atoms with Crippen LogP contribution in [0, 0.1) is 5.92 Å². The van der Waals surface area contributed by atoms with Gasteiger partial charge < -0.3 is 10.6 Å². The lowest BCUT2D eigenvalue weighted by molar-refractivity contribution is -0.116. The number of hydrogen-bond donors (Lipinski definition) is 2. The van der Waals surface area contributed by atoms with Gasteiger partial charge in [-0.15, -0.1) is 11.8 Å². The van der Waals surface area contributed by atoms with Gasteiger partial charge in [0.2, 0.25) is 15.9 Å². The number of carbonyl (C=O) groups excluding carboxylic acids is 2. The lowest BCUT2D eigenvalue weighted by atomic mass is 10.1. The van der Waals surface area contributed by atoms with E-state index in [1.807, 2.05) is 12.1 Å². The van der Waals surface area contributed by atoms with Gasteiger partial charge in [-0.05, 0) is 65.4 Å². The number of thioether (sulfide) groups is 1. The predicted molar refractivity (Wildman–Crippen MR) is 147 cm³/mol. The molecule has 0 saturated carbocycles. The second-order valence-corrected chi connectivity index (χ2v) is 12.8. The van der Waals surface area contributed by atoms with Gasteiger partial charge in [-0.25, -0.2) is 8.42 Å². The van der Waals surface area contributed by atoms with Gasteiger partial charge in [0.1, 0.15) is 0 Å². The summed E-state index contributed by atoms with van der Waals surface area (Å²) in [5.74, 6) is -0.244. The van der Waals surface area contributed by atoms with E-state index in [2.05, 4.69) is 47.5 Å². The molecule has 5 rings (SSSR count). The molecule has 0 aliphatic carbocycles. The molecule has 3 unspecified atom stereocenters. The smallest absolute Gasteiger partial charge is 0.251 e. The summed E-state index contributed by atoms with van der Waals surface area (Å²) in [5.41, 5.74) is 1.57. The fourth-order valence-corrected chi connectivity index (χ4v) is 8.24. The summed E-state index contributed by atoms with van der Waals surface area (Å²) in [6.07, 6.45) is 2.69. The molecule has 3 atom stereocenters. The van der Waals surface area contributed by atoms with Crippen molar-refractivity contribution in [3.05, 3.63) is 90.5 Å². The zero-order chi connectivity index (χ0) is 26.0. The van der Waals surface area contributed by atoms with Crippen LogP contribution in [0.1, 0.15) is 22.3 Å². The number of benzene rings is 3. The van der Waals surface area contributed by atoms with Gasteiger partial charge in [-0.1, -0.05) is 49.0 Å². The van der Waals surface area contributed by atoms with Crippen molar-refractivity contribution in [1.29, 1.82) is 0 Å². The van der Waals surface area contributed by atoms with E-state index < -0.39 is 10.0 Å². The highest BCUT2D eigenvalue weighted by atomic mass is 32.2. The van der Waals surface area contributed by atoms with Crippen molar-refractivity contribution in [2.75, 3.05) is 19.6 Å². The predicted octanol–water partition coefficient (Wildman–Crippen LogP) is 3.57. The van der Waals surface area contributed by atoms with Gasteiger partial charge >= 0.3 is 0 Å². The third-order valence-corrected chi connectivity index (χ3v) is 10.3. The number of sulfonamides is 1. The van der Waals surface area contributed by atoms with Gasteiger partial charge in [-0.3, -0.25) is 9.59 Å². The lowest BCUT2D eigenvalue weighted by Gasteiger charge is -2.19. The van der Waals surface area contributed by atoms with Crippen molar-refractivity contribution in [2.24, 2.45) is 5.92 Å². The van der Waals surface area contributed by atoms with Crippen molar-refractivity contribution in [3.8, 4) is 0 Å². The topological polar surface area (TPSA) is 95.6 Å². The summed E-state index contributed by atoms with van der Waals surface area (Å²) >= 11 is 1.61. The molecular formula is C28H29N3O4S2. The first-order valence-corrected chi connectivity index (χ1v) is 14.7. The molecule has 192 valence electrons. The molecule has 3 aromatic rings. The molecule has 9 heteroatoms. The average molecular weight is 536 g/mol.